The molecule has 5 rings (SSSR count). The summed E-state index contributed by atoms with van der Waals surface area (Å²) in [6.07, 6.45) is 1.38. The molecule has 3 atom stereocenters. The predicted molar refractivity (Wildman–Crippen MR) is 131 cm³/mol. The van der Waals surface area contributed by atoms with Gasteiger partial charge in [0, 0.05) is 48.6 Å². The lowest BCUT2D eigenvalue weighted by atomic mass is 9.81. The van der Waals surface area contributed by atoms with E-state index in [2.05, 4.69) is 0 Å². The molecule has 36 heavy (non-hydrogen) atoms. The highest BCUT2D eigenvalue weighted by molar-refractivity contribution is 6.03. The molecule has 0 saturated carbocycles. The van der Waals surface area contributed by atoms with Gasteiger partial charge in [-0.25, -0.2) is 0 Å². The van der Waals surface area contributed by atoms with Crippen LogP contribution in [0.25, 0.3) is 0 Å². The molecule has 0 bridgehead atoms. The molecule has 3 unspecified atom stereocenters. The van der Waals surface area contributed by atoms with Crippen LogP contribution >= 0.6 is 0 Å². The highest BCUT2D eigenvalue weighted by Gasteiger charge is 2.56. The number of methoxy groups -OCH3 is 6. The van der Waals surface area contributed by atoms with Crippen molar-refractivity contribution in [3.63, 3.8) is 0 Å². The Morgan fingerprint density at radius 2 is 1.28 bits per heavy atom. The van der Waals surface area contributed by atoms with E-state index in [1.807, 2.05) is 4.90 Å². The van der Waals surface area contributed by atoms with E-state index in [1.54, 1.807) is 37.3 Å². The Bertz CT molecular complexity index is 1200. The highest BCUT2D eigenvalue weighted by Crippen LogP contribution is 2.60. The first kappa shape index (κ1) is 23.9. The second kappa shape index (κ2) is 9.00. The van der Waals surface area contributed by atoms with Crippen LogP contribution in [0.1, 0.15) is 30.9 Å². The number of carbonyl (C=O) groups is 2. The van der Waals surface area contributed by atoms with Crippen LogP contribution in [0.2, 0.25) is 0 Å². The molecule has 0 spiro atoms. The van der Waals surface area contributed by atoms with Gasteiger partial charge in [0.25, 0.3) is 0 Å². The van der Waals surface area contributed by atoms with Crippen molar-refractivity contribution in [1.82, 2.24) is 0 Å². The van der Waals surface area contributed by atoms with Crippen LogP contribution in [0.5, 0.6) is 34.5 Å². The molecule has 0 N–H and O–H groups in total. The highest BCUT2D eigenvalue weighted by atomic mass is 16.5. The largest absolute Gasteiger partial charge is 0.493 e. The summed E-state index contributed by atoms with van der Waals surface area (Å²) in [5.41, 5.74) is 1.99. The van der Waals surface area contributed by atoms with Gasteiger partial charge >= 0.3 is 0 Å². The van der Waals surface area contributed by atoms with Crippen LogP contribution in [-0.4, -0.2) is 60.5 Å². The van der Waals surface area contributed by atoms with Gasteiger partial charge in [0.2, 0.25) is 23.3 Å². The molecule has 2 aromatic carbocycles. The number of nitrogens with zero attached hydrogens (tertiary/aromatic N) is 2. The van der Waals surface area contributed by atoms with E-state index in [0.717, 1.165) is 0 Å². The van der Waals surface area contributed by atoms with E-state index in [-0.39, 0.29) is 30.2 Å². The standard InChI is InChI=1S/C26H30N2O8/c1-31-17-9-13(10-18(32-2)24(17)34-4)27-21(30)11-14-15-7-8-20(29)28(15)16-12-19(33-3)25(35-5)26(36-6)22(16)23(14)27/h9-10,12,14-15,23H,7-8,11H2,1-6H3. The third kappa shape index (κ3) is 3.23. The Morgan fingerprint density at radius 1 is 0.694 bits per heavy atom. The van der Waals surface area contributed by atoms with Crippen LogP contribution in [0, 0.1) is 5.92 Å². The maximum Gasteiger partial charge on any atom is 0.228 e. The zero-order valence-corrected chi connectivity index (χ0v) is 21.2. The maximum absolute atomic E-state index is 13.7. The molecule has 2 aromatic rings. The summed E-state index contributed by atoms with van der Waals surface area (Å²) in [7, 11) is 9.23. The lowest BCUT2D eigenvalue weighted by Gasteiger charge is -2.43. The number of ether oxygens (including phenoxy) is 6. The number of hydrogen-bond donors (Lipinski definition) is 0. The minimum atomic E-state index is -0.405. The average molecular weight is 499 g/mol. The zero-order valence-electron chi connectivity index (χ0n) is 21.2. The summed E-state index contributed by atoms with van der Waals surface area (Å²) >= 11 is 0. The third-order valence-electron chi connectivity index (χ3n) is 7.44. The Hall–Kier alpha value is -3.82. The molecule has 3 heterocycles. The first-order chi connectivity index (χ1) is 17.4. The first-order valence-corrected chi connectivity index (χ1v) is 11.7. The van der Waals surface area contributed by atoms with Crippen LogP contribution < -0.4 is 38.2 Å². The van der Waals surface area contributed by atoms with Gasteiger partial charge in [-0.15, -0.1) is 0 Å². The van der Waals surface area contributed by atoms with Gasteiger partial charge in [0.05, 0.1) is 60.1 Å². The lowest BCUT2D eigenvalue weighted by molar-refractivity contribution is -0.118. The summed E-state index contributed by atoms with van der Waals surface area (Å²) < 4.78 is 33.7. The molecular weight excluding hydrogens is 468 g/mol. The smallest absolute Gasteiger partial charge is 0.228 e. The summed E-state index contributed by atoms with van der Waals surface area (Å²) in [5.74, 6) is 2.44. The molecule has 3 aliphatic heterocycles. The fourth-order valence-electron chi connectivity index (χ4n) is 6.03. The molecule has 2 fully saturated rings. The number of benzene rings is 2. The molecule has 0 aromatic heterocycles. The van der Waals surface area contributed by atoms with E-state index >= 15 is 0 Å². The Morgan fingerprint density at radius 3 is 1.83 bits per heavy atom. The number of amides is 2. The van der Waals surface area contributed by atoms with Crippen molar-refractivity contribution in [2.45, 2.75) is 31.3 Å². The minimum Gasteiger partial charge on any atom is -0.493 e. The summed E-state index contributed by atoms with van der Waals surface area (Å²) in [6, 6.07) is 4.81. The molecule has 0 aliphatic carbocycles. The number of hydrogen-bond acceptors (Lipinski definition) is 8. The Balaban J connectivity index is 1.78. The van der Waals surface area contributed by atoms with Crippen molar-refractivity contribution in [3.8, 4) is 34.5 Å². The number of fused-ring (bicyclic) bond motifs is 6. The normalized spacial score (nSPS) is 22.1. The van der Waals surface area contributed by atoms with Crippen LogP contribution in [0.3, 0.4) is 0 Å². The van der Waals surface area contributed by atoms with Gasteiger partial charge in [0.15, 0.2) is 23.0 Å². The van der Waals surface area contributed by atoms with E-state index in [9.17, 15) is 9.59 Å². The lowest BCUT2D eigenvalue weighted by Crippen LogP contribution is -2.46. The van der Waals surface area contributed by atoms with Gasteiger partial charge in [-0.05, 0) is 6.42 Å². The van der Waals surface area contributed by atoms with Crippen molar-refractivity contribution in [3.05, 3.63) is 23.8 Å². The predicted octanol–water partition coefficient (Wildman–Crippen LogP) is 3.34. The molecule has 10 heteroatoms. The number of rotatable bonds is 7. The number of anilines is 2. The third-order valence-corrected chi connectivity index (χ3v) is 7.44. The van der Waals surface area contributed by atoms with Gasteiger partial charge in [-0.1, -0.05) is 0 Å². The minimum absolute atomic E-state index is 0.0210. The molecule has 192 valence electrons. The van der Waals surface area contributed by atoms with Gasteiger partial charge in [-0.3, -0.25) is 9.59 Å². The summed E-state index contributed by atoms with van der Waals surface area (Å²) in [6.45, 7) is 0. The molecule has 2 amide bonds. The summed E-state index contributed by atoms with van der Waals surface area (Å²) in [4.78, 5) is 30.3. The quantitative estimate of drug-likeness (QED) is 0.574. The molecule has 3 aliphatic rings. The van der Waals surface area contributed by atoms with Crippen molar-refractivity contribution in [2.24, 2.45) is 5.92 Å². The summed E-state index contributed by atoms with van der Waals surface area (Å²) in [5, 5.41) is 0. The van der Waals surface area contributed by atoms with Crippen LogP contribution in [-0.2, 0) is 9.59 Å². The van der Waals surface area contributed by atoms with E-state index in [0.29, 0.717) is 64.3 Å². The monoisotopic (exact) mass is 498 g/mol. The fraction of sp³-hybridized carbons (Fsp3) is 0.462. The van der Waals surface area contributed by atoms with Crippen molar-refractivity contribution >= 4 is 23.2 Å². The van der Waals surface area contributed by atoms with Crippen LogP contribution in [0.15, 0.2) is 18.2 Å². The van der Waals surface area contributed by atoms with Crippen molar-refractivity contribution in [1.29, 1.82) is 0 Å². The topological polar surface area (TPSA) is 96.0 Å². The maximum atomic E-state index is 13.7. The Labute approximate surface area is 209 Å². The molecule has 2 saturated heterocycles. The van der Waals surface area contributed by atoms with Crippen molar-refractivity contribution in [2.75, 3.05) is 52.5 Å². The van der Waals surface area contributed by atoms with Gasteiger partial charge in [0.1, 0.15) is 0 Å². The van der Waals surface area contributed by atoms with E-state index in [4.69, 9.17) is 28.4 Å². The average Bonchev–Trinajstić information content (AvgIpc) is 3.45. The molecule has 10 nitrogen and oxygen atoms in total. The second-order valence-corrected chi connectivity index (χ2v) is 8.91. The molecule has 0 radical (unpaired) electrons. The van der Waals surface area contributed by atoms with Gasteiger partial charge < -0.3 is 38.2 Å². The second-order valence-electron chi connectivity index (χ2n) is 8.91. The van der Waals surface area contributed by atoms with Crippen LogP contribution in [0.4, 0.5) is 11.4 Å². The SMILES string of the molecule is COc1cc(N2C(=O)CC3C4CCC(=O)N4c4cc(OC)c(OC)c(OC)c4C32)cc(OC)c1OC. The number of carbonyl (C=O) groups excluding carboxylic acids is 2. The van der Waals surface area contributed by atoms with E-state index in [1.165, 1.54) is 28.4 Å². The molecular formula is C26H30N2O8. The first-order valence-electron chi connectivity index (χ1n) is 11.7. The zero-order chi connectivity index (χ0) is 25.7. The van der Waals surface area contributed by atoms with E-state index < -0.39 is 6.04 Å². The van der Waals surface area contributed by atoms with Gasteiger partial charge in [-0.2, -0.15) is 0 Å². The fourth-order valence-corrected chi connectivity index (χ4v) is 6.03. The van der Waals surface area contributed by atoms with Crippen molar-refractivity contribution < 1.29 is 38.0 Å². The Kier molecular flexibility index (Phi) is 5.97.